The molecule has 3 aromatic rings. The summed E-state index contributed by atoms with van der Waals surface area (Å²) in [4.78, 5) is 19.4. The molecule has 0 aliphatic carbocycles. The predicted molar refractivity (Wildman–Crippen MR) is 126 cm³/mol. The first-order valence-corrected chi connectivity index (χ1v) is 11.1. The zero-order valence-electron chi connectivity index (χ0n) is 18.4. The van der Waals surface area contributed by atoms with Crippen LogP contribution in [0, 0.1) is 0 Å². The van der Waals surface area contributed by atoms with Gasteiger partial charge in [-0.2, -0.15) is 13.2 Å². The maximum Gasteiger partial charge on any atom is 0.416 e. The number of imidazole rings is 1. The largest absolute Gasteiger partial charge is 0.416 e. The van der Waals surface area contributed by atoms with E-state index in [1.807, 2.05) is 41.2 Å². The maximum absolute atomic E-state index is 12.7. The fraction of sp³-hybridized carbons (Fsp3) is 0.391. The summed E-state index contributed by atoms with van der Waals surface area (Å²) in [7, 11) is 3.91. The van der Waals surface area contributed by atoms with Crippen LogP contribution in [0.5, 0.6) is 0 Å². The molecule has 0 unspecified atom stereocenters. The molecule has 1 N–H and O–H groups in total. The van der Waals surface area contributed by atoms with Crippen molar-refractivity contribution in [1.82, 2.24) is 13.9 Å². The van der Waals surface area contributed by atoms with E-state index in [0.29, 0.717) is 23.7 Å². The van der Waals surface area contributed by atoms with Crippen LogP contribution in [0.15, 0.2) is 42.5 Å². The Morgan fingerprint density at radius 1 is 1.24 bits per heavy atom. The van der Waals surface area contributed by atoms with E-state index in [1.165, 1.54) is 12.1 Å². The van der Waals surface area contributed by atoms with Gasteiger partial charge in [-0.1, -0.05) is 24.9 Å². The highest BCUT2D eigenvalue weighted by Gasteiger charge is 2.30. The summed E-state index contributed by atoms with van der Waals surface area (Å²) in [6, 6.07) is 10.8. The van der Waals surface area contributed by atoms with E-state index in [9.17, 15) is 18.0 Å². The lowest BCUT2D eigenvalue weighted by molar-refractivity contribution is -0.137. The number of alkyl halides is 3. The summed E-state index contributed by atoms with van der Waals surface area (Å²) in [5.41, 5.74) is 2.40. The summed E-state index contributed by atoms with van der Waals surface area (Å²) in [6.45, 7) is 1.75. The third-order valence-electron chi connectivity index (χ3n) is 6.04. The zero-order chi connectivity index (χ0) is 23.8. The lowest BCUT2D eigenvalue weighted by Crippen LogP contribution is -2.29. The molecular formula is C23H26F3N5OS. The molecule has 6 nitrogen and oxygen atoms in total. The number of hydrogen-bond donors (Lipinski definition) is 2. The topological polar surface area (TPSA) is 53.4 Å². The molecule has 2 heterocycles. The van der Waals surface area contributed by atoms with Crippen molar-refractivity contribution in [2.75, 3.05) is 30.4 Å². The number of carbonyl (C=O) groups is 1. The maximum atomic E-state index is 12.7. The number of aromatic nitrogens is 2. The second-order valence-corrected chi connectivity index (χ2v) is 9.01. The van der Waals surface area contributed by atoms with Crippen LogP contribution in [0.25, 0.3) is 11.0 Å². The Labute approximate surface area is 195 Å². The lowest BCUT2D eigenvalue weighted by atomic mass is 10.1. The van der Waals surface area contributed by atoms with E-state index in [0.717, 1.165) is 48.6 Å². The minimum absolute atomic E-state index is 0.173. The summed E-state index contributed by atoms with van der Waals surface area (Å²) >= 11 is 4.42. The van der Waals surface area contributed by atoms with Gasteiger partial charge in [-0.3, -0.25) is 9.10 Å². The number of rotatable bonds is 6. The number of amides is 1. The number of nitrogens with one attached hydrogen (secondary N) is 1. The molecule has 0 saturated carbocycles. The molecule has 1 aromatic heterocycles. The molecule has 176 valence electrons. The number of carbonyl (C=O) groups excluding carboxylic acids is 1. The van der Waals surface area contributed by atoms with Crippen LogP contribution in [0.2, 0.25) is 0 Å². The van der Waals surface area contributed by atoms with Gasteiger partial charge in [0.2, 0.25) is 11.9 Å². The summed E-state index contributed by atoms with van der Waals surface area (Å²) in [6.07, 6.45) is -2.81. The highest BCUT2D eigenvalue weighted by Crippen LogP contribution is 2.30. The second kappa shape index (κ2) is 9.26. The SMILES string of the molecule is CN(S)[C@@H]1CCN(c2nc3ccc(NC(=O)CCc4ccc(C(F)(F)F)cc4)cc3n2C)C1. The number of aryl methyl sites for hydroxylation is 2. The van der Waals surface area contributed by atoms with Crippen molar-refractivity contribution in [3.63, 3.8) is 0 Å². The van der Waals surface area contributed by atoms with Gasteiger partial charge >= 0.3 is 6.18 Å². The van der Waals surface area contributed by atoms with Crippen molar-refractivity contribution < 1.29 is 18.0 Å². The highest BCUT2D eigenvalue weighted by molar-refractivity contribution is 7.77. The van der Waals surface area contributed by atoms with Gasteiger partial charge in [0, 0.05) is 38.3 Å². The monoisotopic (exact) mass is 477 g/mol. The molecule has 33 heavy (non-hydrogen) atoms. The van der Waals surface area contributed by atoms with Gasteiger partial charge in [-0.05, 0) is 55.8 Å². The third-order valence-corrected chi connectivity index (χ3v) is 6.36. The van der Waals surface area contributed by atoms with E-state index >= 15 is 0 Å². The molecule has 1 fully saturated rings. The van der Waals surface area contributed by atoms with Crippen molar-refractivity contribution in [3.05, 3.63) is 53.6 Å². The Bertz CT molecular complexity index is 1140. The van der Waals surface area contributed by atoms with Crippen LogP contribution in [-0.4, -0.2) is 45.9 Å². The van der Waals surface area contributed by atoms with Crippen molar-refractivity contribution >= 4 is 41.4 Å². The molecule has 1 amide bonds. The molecule has 4 rings (SSSR count). The number of nitrogens with zero attached hydrogens (tertiary/aromatic N) is 4. The van der Waals surface area contributed by atoms with Crippen LogP contribution in [0.4, 0.5) is 24.8 Å². The van der Waals surface area contributed by atoms with E-state index in [-0.39, 0.29) is 12.3 Å². The van der Waals surface area contributed by atoms with E-state index in [4.69, 9.17) is 4.98 Å². The Balaban J connectivity index is 1.39. The van der Waals surface area contributed by atoms with Crippen molar-refractivity contribution in [2.45, 2.75) is 31.5 Å². The average Bonchev–Trinajstić information content (AvgIpc) is 3.37. The van der Waals surface area contributed by atoms with Gasteiger partial charge in [0.25, 0.3) is 0 Å². The van der Waals surface area contributed by atoms with Gasteiger partial charge in [-0.15, -0.1) is 0 Å². The first-order valence-electron chi connectivity index (χ1n) is 10.7. The van der Waals surface area contributed by atoms with Crippen molar-refractivity contribution in [2.24, 2.45) is 7.05 Å². The standard InChI is InChI=1S/C23H26F3N5OS/c1-29-20-13-17(8-9-19(20)28-22(29)31-12-11-18(14-31)30(2)33)27-21(32)10-5-15-3-6-16(7-4-15)23(24,25)26/h3-4,6-9,13,18,33H,5,10-12,14H2,1-2H3,(H,27,32)/t18-/m1/s1. The number of thiol groups is 1. The Kier molecular flexibility index (Phi) is 6.58. The average molecular weight is 478 g/mol. The summed E-state index contributed by atoms with van der Waals surface area (Å²) in [5.74, 6) is 0.685. The van der Waals surface area contributed by atoms with Crippen molar-refractivity contribution in [1.29, 1.82) is 0 Å². The zero-order valence-corrected chi connectivity index (χ0v) is 19.3. The quantitative estimate of drug-likeness (QED) is 0.513. The van der Waals surface area contributed by atoms with Gasteiger partial charge in [0.05, 0.1) is 16.6 Å². The van der Waals surface area contributed by atoms with Gasteiger partial charge in [0.15, 0.2) is 0 Å². The molecule has 1 atom stereocenters. The predicted octanol–water partition coefficient (Wildman–Crippen LogP) is 4.52. The first kappa shape index (κ1) is 23.4. The Morgan fingerprint density at radius 3 is 2.61 bits per heavy atom. The lowest BCUT2D eigenvalue weighted by Gasteiger charge is -2.20. The molecule has 1 aliphatic heterocycles. The minimum Gasteiger partial charge on any atom is -0.341 e. The number of hydrogen-bond acceptors (Lipinski definition) is 5. The number of anilines is 2. The molecule has 2 aromatic carbocycles. The van der Waals surface area contributed by atoms with Crippen LogP contribution in [0.3, 0.4) is 0 Å². The van der Waals surface area contributed by atoms with Crippen LogP contribution >= 0.6 is 12.8 Å². The van der Waals surface area contributed by atoms with Crippen LogP contribution in [-0.2, 0) is 24.4 Å². The Morgan fingerprint density at radius 2 is 1.97 bits per heavy atom. The molecule has 1 aliphatic rings. The van der Waals surface area contributed by atoms with E-state index in [2.05, 4.69) is 23.0 Å². The first-order chi connectivity index (χ1) is 15.6. The van der Waals surface area contributed by atoms with Gasteiger partial charge in [-0.25, -0.2) is 4.98 Å². The van der Waals surface area contributed by atoms with Gasteiger partial charge in [0.1, 0.15) is 0 Å². The smallest absolute Gasteiger partial charge is 0.341 e. The van der Waals surface area contributed by atoms with E-state index < -0.39 is 11.7 Å². The minimum atomic E-state index is -4.36. The molecule has 1 saturated heterocycles. The fourth-order valence-corrected chi connectivity index (χ4v) is 4.30. The van der Waals surface area contributed by atoms with Crippen LogP contribution in [0.1, 0.15) is 24.0 Å². The van der Waals surface area contributed by atoms with Crippen LogP contribution < -0.4 is 10.2 Å². The highest BCUT2D eigenvalue weighted by atomic mass is 32.1. The summed E-state index contributed by atoms with van der Waals surface area (Å²) in [5, 5.41) is 2.88. The summed E-state index contributed by atoms with van der Waals surface area (Å²) < 4.78 is 42.0. The molecule has 0 spiro atoms. The molecular weight excluding hydrogens is 451 g/mol. The Hall–Kier alpha value is -2.72. The number of benzene rings is 2. The normalized spacial score (nSPS) is 16.7. The fourth-order valence-electron chi connectivity index (χ4n) is 4.11. The molecule has 0 bridgehead atoms. The van der Waals surface area contributed by atoms with E-state index in [1.54, 1.807) is 0 Å². The molecule has 10 heteroatoms. The number of halogens is 3. The third kappa shape index (κ3) is 5.27. The number of likely N-dealkylation sites (N-methyl/N-ethyl adjacent to an activating group) is 1. The van der Waals surface area contributed by atoms with Crippen molar-refractivity contribution in [3.8, 4) is 0 Å². The van der Waals surface area contributed by atoms with Gasteiger partial charge < -0.3 is 14.8 Å². The molecule has 0 radical (unpaired) electrons. The number of fused-ring (bicyclic) bond motifs is 1. The second-order valence-electron chi connectivity index (χ2n) is 8.38.